The number of hydrogen-bond donors (Lipinski definition) is 0. The summed E-state index contributed by atoms with van der Waals surface area (Å²) in [5.74, 6) is 1.42. The molecule has 2 unspecified atom stereocenters. The van der Waals surface area contributed by atoms with Gasteiger partial charge >= 0.3 is 0 Å². The van der Waals surface area contributed by atoms with Gasteiger partial charge in [0.05, 0.1) is 23.6 Å². The van der Waals surface area contributed by atoms with E-state index >= 15 is 0 Å². The Bertz CT molecular complexity index is 292. The Kier molecular flexibility index (Phi) is 3.74. The zero-order chi connectivity index (χ0) is 10.8. The molecule has 1 fully saturated rings. The van der Waals surface area contributed by atoms with Crippen LogP contribution in [0.25, 0.3) is 0 Å². The lowest BCUT2D eigenvalue weighted by Crippen LogP contribution is -2.44. The molecular formula is C10H16BrN3S. The van der Waals surface area contributed by atoms with Crippen molar-refractivity contribution in [2.24, 2.45) is 11.8 Å². The predicted molar refractivity (Wildman–Crippen MR) is 66.2 cm³/mol. The first-order valence-electron chi connectivity index (χ1n) is 5.29. The molecule has 0 radical (unpaired) electrons. The van der Waals surface area contributed by atoms with Gasteiger partial charge < -0.3 is 0 Å². The van der Waals surface area contributed by atoms with Crippen LogP contribution in [0.15, 0.2) is 6.20 Å². The van der Waals surface area contributed by atoms with Crippen molar-refractivity contribution >= 4 is 27.7 Å². The molecule has 0 N–H and O–H groups in total. The summed E-state index contributed by atoms with van der Waals surface area (Å²) in [6.07, 6.45) is 1.88. The maximum atomic E-state index is 4.26. The van der Waals surface area contributed by atoms with E-state index in [-0.39, 0.29) is 0 Å². The van der Waals surface area contributed by atoms with Gasteiger partial charge in [0, 0.05) is 24.5 Å². The first-order valence-corrected chi connectivity index (χ1v) is 6.94. The average Bonchev–Trinajstić information content (AvgIpc) is 2.66. The van der Waals surface area contributed by atoms with Crippen molar-refractivity contribution in [2.45, 2.75) is 25.2 Å². The van der Waals surface area contributed by atoms with Crippen LogP contribution in [0.1, 0.15) is 19.5 Å². The van der Waals surface area contributed by atoms with E-state index in [1.54, 1.807) is 0 Å². The van der Waals surface area contributed by atoms with Crippen molar-refractivity contribution in [3.8, 4) is 0 Å². The molecule has 84 valence electrons. The summed E-state index contributed by atoms with van der Waals surface area (Å²) in [6, 6.07) is 0. The second kappa shape index (κ2) is 4.89. The van der Waals surface area contributed by atoms with Gasteiger partial charge in [-0.1, -0.05) is 29.8 Å². The maximum Gasteiger partial charge on any atom is 0.0883 e. The number of hydrogen-bond acceptors (Lipinski definition) is 4. The largest absolute Gasteiger partial charge is 0.297 e. The van der Waals surface area contributed by atoms with Crippen LogP contribution in [-0.4, -0.2) is 31.6 Å². The van der Waals surface area contributed by atoms with Gasteiger partial charge in [-0.25, -0.2) is 0 Å². The molecule has 0 bridgehead atoms. The van der Waals surface area contributed by atoms with Crippen molar-refractivity contribution in [3.05, 3.63) is 11.9 Å². The summed E-state index contributed by atoms with van der Waals surface area (Å²) in [4.78, 5) is 3.13. The molecule has 1 aromatic rings. The van der Waals surface area contributed by atoms with Gasteiger partial charge in [0.2, 0.25) is 0 Å². The summed E-state index contributed by atoms with van der Waals surface area (Å²) in [6.45, 7) is 7.86. The molecule has 0 spiro atoms. The fraction of sp³-hybridized carbons (Fsp3) is 0.800. The van der Waals surface area contributed by atoms with E-state index in [4.69, 9.17) is 0 Å². The third-order valence-corrected chi connectivity index (χ3v) is 5.29. The molecule has 1 aromatic heterocycles. The van der Waals surface area contributed by atoms with Gasteiger partial charge in [-0.2, -0.15) is 8.75 Å². The molecule has 1 saturated heterocycles. The van der Waals surface area contributed by atoms with Gasteiger partial charge in [0.25, 0.3) is 0 Å². The fourth-order valence-electron chi connectivity index (χ4n) is 2.26. The van der Waals surface area contributed by atoms with Gasteiger partial charge in [0.15, 0.2) is 0 Å². The molecule has 0 saturated carbocycles. The normalized spacial score (nSPS) is 33.1. The molecule has 2 heterocycles. The third-order valence-electron chi connectivity index (χ3n) is 2.97. The third kappa shape index (κ3) is 2.77. The number of likely N-dealkylation sites (tertiary alicyclic amines) is 1. The predicted octanol–water partition coefficient (Wildman–Crippen LogP) is 2.39. The Labute approximate surface area is 103 Å². The Morgan fingerprint density at radius 3 is 2.67 bits per heavy atom. The highest BCUT2D eigenvalue weighted by Crippen LogP contribution is 2.28. The topological polar surface area (TPSA) is 29.0 Å². The van der Waals surface area contributed by atoms with E-state index in [1.807, 2.05) is 6.20 Å². The molecule has 0 aliphatic carbocycles. The molecule has 0 aromatic carbocycles. The van der Waals surface area contributed by atoms with Gasteiger partial charge in [0.1, 0.15) is 0 Å². The van der Waals surface area contributed by atoms with Crippen LogP contribution in [0.2, 0.25) is 0 Å². The highest BCUT2D eigenvalue weighted by atomic mass is 79.9. The Hall–Kier alpha value is -0.0000000000000000555. The Balaban J connectivity index is 1.94. The number of alkyl halides is 1. The minimum atomic E-state index is 0.655. The van der Waals surface area contributed by atoms with Gasteiger partial charge in [-0.05, 0) is 11.8 Å². The minimum absolute atomic E-state index is 0.655. The van der Waals surface area contributed by atoms with E-state index < -0.39 is 0 Å². The summed E-state index contributed by atoms with van der Waals surface area (Å²) in [7, 11) is 0. The van der Waals surface area contributed by atoms with E-state index in [0.29, 0.717) is 16.7 Å². The second-order valence-electron chi connectivity index (χ2n) is 4.49. The second-order valence-corrected chi connectivity index (χ2v) is 6.11. The molecule has 15 heavy (non-hydrogen) atoms. The van der Waals surface area contributed by atoms with Crippen LogP contribution >= 0.6 is 27.7 Å². The van der Waals surface area contributed by atoms with E-state index in [2.05, 4.69) is 43.4 Å². The Morgan fingerprint density at radius 2 is 2.13 bits per heavy atom. The maximum absolute atomic E-state index is 4.26. The summed E-state index contributed by atoms with van der Waals surface area (Å²) < 4.78 is 8.29. The van der Waals surface area contributed by atoms with E-state index in [1.165, 1.54) is 11.7 Å². The number of rotatable bonds is 2. The van der Waals surface area contributed by atoms with Crippen LogP contribution in [0, 0.1) is 11.8 Å². The van der Waals surface area contributed by atoms with Crippen LogP contribution in [0.3, 0.4) is 0 Å². The lowest BCUT2D eigenvalue weighted by atomic mass is 9.91. The standard InChI is InChI=1S/C10H16BrN3S/c1-7-4-14(5-8(2)10(7)11)6-9-3-12-15-13-9/h3,7-8,10H,4-6H2,1-2H3. The van der Waals surface area contributed by atoms with Crippen molar-refractivity contribution in [2.75, 3.05) is 13.1 Å². The van der Waals surface area contributed by atoms with Gasteiger partial charge in [-0.15, -0.1) is 0 Å². The first kappa shape index (κ1) is 11.5. The number of piperidine rings is 1. The quantitative estimate of drug-likeness (QED) is 0.783. The lowest BCUT2D eigenvalue weighted by Gasteiger charge is -2.38. The number of nitrogens with zero attached hydrogens (tertiary/aromatic N) is 3. The number of aromatic nitrogens is 2. The summed E-state index contributed by atoms with van der Waals surface area (Å²) >= 11 is 5.07. The highest BCUT2D eigenvalue weighted by molar-refractivity contribution is 9.09. The van der Waals surface area contributed by atoms with Gasteiger partial charge in [-0.3, -0.25) is 4.90 Å². The smallest absolute Gasteiger partial charge is 0.0883 e. The minimum Gasteiger partial charge on any atom is -0.297 e. The van der Waals surface area contributed by atoms with Crippen LogP contribution < -0.4 is 0 Å². The molecule has 2 atom stereocenters. The Morgan fingerprint density at radius 1 is 1.47 bits per heavy atom. The molecule has 2 rings (SSSR count). The fourth-order valence-corrected chi connectivity index (χ4v) is 3.02. The molecular weight excluding hydrogens is 274 g/mol. The van der Waals surface area contributed by atoms with Crippen molar-refractivity contribution < 1.29 is 0 Å². The summed E-state index contributed by atoms with van der Waals surface area (Å²) in [5, 5.41) is 0. The van der Waals surface area contributed by atoms with Crippen LogP contribution in [0.5, 0.6) is 0 Å². The molecule has 0 amide bonds. The molecule has 3 nitrogen and oxygen atoms in total. The summed E-state index contributed by atoms with van der Waals surface area (Å²) in [5.41, 5.74) is 1.10. The molecule has 1 aliphatic rings. The first-order chi connectivity index (χ1) is 7.16. The van der Waals surface area contributed by atoms with E-state index in [9.17, 15) is 0 Å². The van der Waals surface area contributed by atoms with E-state index in [0.717, 1.165) is 25.3 Å². The molecule has 1 aliphatic heterocycles. The van der Waals surface area contributed by atoms with Crippen molar-refractivity contribution in [1.82, 2.24) is 13.6 Å². The SMILES string of the molecule is CC1CN(Cc2cnsn2)CC(C)C1Br. The average molecular weight is 290 g/mol. The zero-order valence-electron chi connectivity index (χ0n) is 9.06. The lowest BCUT2D eigenvalue weighted by molar-refractivity contribution is 0.141. The highest BCUT2D eigenvalue weighted by Gasteiger charge is 2.29. The van der Waals surface area contributed by atoms with Crippen molar-refractivity contribution in [3.63, 3.8) is 0 Å². The molecule has 5 heteroatoms. The van der Waals surface area contributed by atoms with Crippen LogP contribution in [0.4, 0.5) is 0 Å². The zero-order valence-corrected chi connectivity index (χ0v) is 11.5. The number of halogens is 1. The monoisotopic (exact) mass is 289 g/mol. The van der Waals surface area contributed by atoms with Crippen molar-refractivity contribution in [1.29, 1.82) is 0 Å². The van der Waals surface area contributed by atoms with Crippen LogP contribution in [-0.2, 0) is 6.54 Å².